The van der Waals surface area contributed by atoms with Crippen molar-refractivity contribution >= 4 is 33.0 Å². The Bertz CT molecular complexity index is 1460. The Balaban J connectivity index is 1.85. The van der Waals surface area contributed by atoms with Crippen LogP contribution in [0.15, 0.2) is 47.6 Å². The lowest BCUT2D eigenvalue weighted by atomic mass is 10.1. The molecule has 3 aromatic heterocycles. The molecular weight excluding hydrogens is 461 g/mol. The number of nitrogens with zero attached hydrogens (tertiary/aromatic N) is 5. The molecule has 0 aliphatic heterocycles. The van der Waals surface area contributed by atoms with Crippen molar-refractivity contribution in [2.75, 3.05) is 30.6 Å². The molecule has 10 nitrogen and oxygen atoms in total. The number of halogens is 1. The average molecular weight is 486 g/mol. The zero-order valence-electron chi connectivity index (χ0n) is 19.3. The van der Waals surface area contributed by atoms with Crippen molar-refractivity contribution in [2.45, 2.75) is 11.8 Å². The van der Waals surface area contributed by atoms with Crippen LogP contribution in [0.1, 0.15) is 5.69 Å². The Hall–Kier alpha value is -3.93. The molecule has 12 heteroatoms. The third-order valence-corrected chi connectivity index (χ3v) is 6.29. The van der Waals surface area contributed by atoms with E-state index in [-0.39, 0.29) is 10.6 Å². The molecule has 0 fully saturated rings. The van der Waals surface area contributed by atoms with Crippen LogP contribution in [0.3, 0.4) is 0 Å². The Morgan fingerprint density at radius 1 is 1.24 bits per heavy atom. The number of hydrogen-bond acceptors (Lipinski definition) is 8. The zero-order chi connectivity index (χ0) is 24.6. The van der Waals surface area contributed by atoms with Gasteiger partial charge in [-0.15, -0.1) is 0 Å². The summed E-state index contributed by atoms with van der Waals surface area (Å²) in [5.41, 5.74) is 2.46. The molecule has 1 aromatic carbocycles. The van der Waals surface area contributed by atoms with Crippen LogP contribution < -0.4 is 15.0 Å². The van der Waals surface area contributed by atoms with Crippen molar-refractivity contribution in [3.63, 3.8) is 0 Å². The maximum atomic E-state index is 14.9. The minimum absolute atomic E-state index is 0.0999. The lowest BCUT2D eigenvalue weighted by molar-refractivity contribution is 0.417. The highest BCUT2D eigenvalue weighted by Crippen LogP contribution is 2.40. The molecule has 3 heterocycles. The normalized spacial score (nSPS) is 11.5. The molecule has 0 bridgehead atoms. The number of aromatic amines is 1. The van der Waals surface area contributed by atoms with Crippen molar-refractivity contribution in [1.82, 2.24) is 25.0 Å². The van der Waals surface area contributed by atoms with Gasteiger partial charge in [-0.2, -0.15) is 10.2 Å². The first-order valence-electron chi connectivity index (χ1n) is 10.2. The maximum Gasteiger partial charge on any atom is 0.177 e. The fourth-order valence-corrected chi connectivity index (χ4v) is 4.11. The number of aromatic nitrogens is 5. The molecule has 0 spiro atoms. The van der Waals surface area contributed by atoms with Crippen LogP contribution in [0.2, 0.25) is 0 Å². The van der Waals surface area contributed by atoms with Crippen LogP contribution in [0.5, 0.6) is 5.75 Å². The molecule has 0 amide bonds. The molecule has 0 aliphatic rings. The van der Waals surface area contributed by atoms with Gasteiger partial charge in [0.2, 0.25) is 0 Å². The number of methoxy groups -OCH3 is 1. The van der Waals surface area contributed by atoms with Gasteiger partial charge in [-0.05, 0) is 31.2 Å². The van der Waals surface area contributed by atoms with Crippen LogP contribution in [0.25, 0.3) is 11.1 Å². The van der Waals surface area contributed by atoms with Crippen molar-refractivity contribution in [1.29, 1.82) is 0 Å². The van der Waals surface area contributed by atoms with Gasteiger partial charge in [0.05, 0.1) is 23.9 Å². The summed E-state index contributed by atoms with van der Waals surface area (Å²) in [5.74, 6) is 1.05. The molecule has 0 radical (unpaired) electrons. The number of benzene rings is 1. The van der Waals surface area contributed by atoms with E-state index in [1.807, 2.05) is 19.2 Å². The molecule has 4 aromatic rings. The predicted octanol–water partition coefficient (Wildman–Crippen LogP) is 3.58. The number of anilines is 4. The topological polar surface area (TPSA) is 118 Å². The smallest absolute Gasteiger partial charge is 0.177 e. The molecule has 4 rings (SSSR count). The van der Waals surface area contributed by atoms with Crippen LogP contribution in [0.4, 0.5) is 27.5 Å². The third-order valence-electron chi connectivity index (χ3n) is 5.18. The van der Waals surface area contributed by atoms with Gasteiger partial charge < -0.3 is 15.0 Å². The quantitative estimate of drug-likeness (QED) is 0.408. The first-order valence-corrected chi connectivity index (χ1v) is 12.1. The summed E-state index contributed by atoms with van der Waals surface area (Å²) in [6.07, 6.45) is 4.54. The standard InChI is InChI=1S/C22H24FN7O3S/c1-13-8-19(28-27-13)25-22-21(33-4)16(14-11-24-29(2)12-14)10-20(26-22)30(3)18-7-6-15(9-17(18)23)34(5,31)32/h6-12H,1-5H3,(H2,25,26,27,28). The summed E-state index contributed by atoms with van der Waals surface area (Å²) in [4.78, 5) is 6.08. The third kappa shape index (κ3) is 4.57. The van der Waals surface area contributed by atoms with Crippen molar-refractivity contribution < 1.29 is 17.5 Å². The van der Waals surface area contributed by atoms with Gasteiger partial charge in [0.1, 0.15) is 11.6 Å². The summed E-state index contributed by atoms with van der Waals surface area (Å²) in [6.45, 7) is 1.87. The molecule has 0 unspecified atom stereocenters. The van der Waals surface area contributed by atoms with E-state index >= 15 is 0 Å². The summed E-state index contributed by atoms with van der Waals surface area (Å²) in [7, 11) is 1.43. The average Bonchev–Trinajstić information content (AvgIpc) is 3.39. The Morgan fingerprint density at radius 3 is 2.56 bits per heavy atom. The Morgan fingerprint density at radius 2 is 2.00 bits per heavy atom. The maximum absolute atomic E-state index is 14.9. The van der Waals surface area contributed by atoms with Gasteiger partial charge in [0.25, 0.3) is 0 Å². The highest BCUT2D eigenvalue weighted by molar-refractivity contribution is 7.90. The van der Waals surface area contributed by atoms with Crippen LogP contribution in [0, 0.1) is 12.7 Å². The molecular formula is C22H24FN7O3S. The molecule has 0 aliphatic carbocycles. The van der Waals surface area contributed by atoms with E-state index < -0.39 is 15.7 Å². The van der Waals surface area contributed by atoms with Gasteiger partial charge in [0, 0.05) is 49.4 Å². The van der Waals surface area contributed by atoms with E-state index in [1.54, 1.807) is 31.0 Å². The zero-order valence-corrected chi connectivity index (χ0v) is 20.1. The highest BCUT2D eigenvalue weighted by Gasteiger charge is 2.21. The fourth-order valence-electron chi connectivity index (χ4n) is 3.47. The van der Waals surface area contributed by atoms with Crippen LogP contribution in [-0.2, 0) is 16.9 Å². The molecule has 0 saturated heterocycles. The number of ether oxygens (including phenoxy) is 1. The van der Waals surface area contributed by atoms with Gasteiger partial charge in [-0.1, -0.05) is 0 Å². The second-order valence-corrected chi connectivity index (χ2v) is 9.83. The fraction of sp³-hybridized carbons (Fsp3) is 0.227. The second-order valence-electron chi connectivity index (χ2n) is 7.82. The lowest BCUT2D eigenvalue weighted by Crippen LogP contribution is -2.15. The van der Waals surface area contributed by atoms with Crippen LogP contribution >= 0.6 is 0 Å². The van der Waals surface area contributed by atoms with E-state index in [1.165, 1.54) is 24.1 Å². The minimum Gasteiger partial charge on any atom is -0.492 e. The largest absolute Gasteiger partial charge is 0.492 e. The van der Waals surface area contributed by atoms with E-state index in [0.717, 1.165) is 23.6 Å². The summed E-state index contributed by atoms with van der Waals surface area (Å²) >= 11 is 0. The van der Waals surface area contributed by atoms with Gasteiger partial charge in [0.15, 0.2) is 27.2 Å². The summed E-state index contributed by atoms with van der Waals surface area (Å²) in [6, 6.07) is 7.33. The molecule has 0 atom stereocenters. The number of sulfone groups is 1. The number of aryl methyl sites for hydroxylation is 2. The lowest BCUT2D eigenvalue weighted by Gasteiger charge is -2.22. The number of H-pyrrole nitrogens is 1. The Labute approximate surface area is 196 Å². The van der Waals surface area contributed by atoms with Crippen LogP contribution in [-0.4, -0.2) is 53.8 Å². The summed E-state index contributed by atoms with van der Waals surface area (Å²) < 4.78 is 45.9. The van der Waals surface area contributed by atoms with E-state index in [9.17, 15) is 12.8 Å². The van der Waals surface area contributed by atoms with E-state index in [4.69, 9.17) is 4.74 Å². The second kappa shape index (κ2) is 8.78. The molecule has 34 heavy (non-hydrogen) atoms. The molecule has 178 valence electrons. The first-order chi connectivity index (χ1) is 16.1. The number of pyridine rings is 1. The molecule has 2 N–H and O–H groups in total. The number of rotatable bonds is 7. The van der Waals surface area contributed by atoms with Crippen molar-refractivity contribution in [2.24, 2.45) is 7.05 Å². The van der Waals surface area contributed by atoms with Gasteiger partial charge in [-0.3, -0.25) is 9.78 Å². The summed E-state index contributed by atoms with van der Waals surface area (Å²) in [5, 5.41) is 14.4. The minimum atomic E-state index is -3.54. The monoisotopic (exact) mass is 485 g/mol. The number of nitrogens with one attached hydrogen (secondary N) is 2. The van der Waals surface area contributed by atoms with E-state index in [2.05, 4.69) is 25.6 Å². The van der Waals surface area contributed by atoms with E-state index in [0.29, 0.717) is 28.8 Å². The highest BCUT2D eigenvalue weighted by atomic mass is 32.2. The van der Waals surface area contributed by atoms with Crippen molar-refractivity contribution in [3.05, 3.63) is 54.2 Å². The van der Waals surface area contributed by atoms with Gasteiger partial charge in [-0.25, -0.2) is 17.8 Å². The first kappa shape index (κ1) is 23.2. The van der Waals surface area contributed by atoms with Gasteiger partial charge >= 0.3 is 0 Å². The predicted molar refractivity (Wildman–Crippen MR) is 127 cm³/mol. The number of hydrogen-bond donors (Lipinski definition) is 2. The SMILES string of the molecule is COc1c(-c2cnn(C)c2)cc(N(C)c2ccc(S(C)(=O)=O)cc2F)nc1Nc1cc(C)[nH]n1. The molecule has 0 saturated carbocycles. The Kier molecular flexibility index (Phi) is 6.00. The van der Waals surface area contributed by atoms with Crippen molar-refractivity contribution in [3.8, 4) is 16.9 Å².